The average Bonchev–Trinajstić information content (AvgIpc) is 3.16. The number of ether oxygens (including phenoxy) is 2. The molecule has 1 atom stereocenters. The van der Waals surface area contributed by atoms with Gasteiger partial charge in [-0.05, 0) is 19.9 Å². The lowest BCUT2D eigenvalue weighted by molar-refractivity contribution is -0.145. The van der Waals surface area contributed by atoms with E-state index in [2.05, 4.69) is 23.7 Å². The van der Waals surface area contributed by atoms with Crippen LogP contribution in [0.25, 0.3) is 9.53 Å². The van der Waals surface area contributed by atoms with Gasteiger partial charge in [-0.25, -0.2) is 14.6 Å². The van der Waals surface area contributed by atoms with Crippen molar-refractivity contribution in [1.29, 1.82) is 0 Å². The summed E-state index contributed by atoms with van der Waals surface area (Å²) in [6.07, 6.45) is -0.346. The van der Waals surface area contributed by atoms with Crippen LogP contribution in [0.15, 0.2) is 6.07 Å². The van der Waals surface area contributed by atoms with Gasteiger partial charge in [-0.2, -0.15) is 0 Å². The van der Waals surface area contributed by atoms with Crippen LogP contribution >= 0.6 is 22.7 Å². The first-order valence-electron chi connectivity index (χ1n) is 7.15. The maximum atomic E-state index is 12.1. The van der Waals surface area contributed by atoms with Crippen LogP contribution in [0.2, 0.25) is 0 Å². The largest absolute Gasteiger partial charge is 0.463 e. The summed E-state index contributed by atoms with van der Waals surface area (Å²) in [6, 6.07) is 1.79. The van der Waals surface area contributed by atoms with Crippen LogP contribution in [0.4, 0.5) is 5.13 Å². The molecule has 3 heterocycles. The third-order valence-electron chi connectivity index (χ3n) is 3.45. The molecule has 1 aliphatic heterocycles. The van der Waals surface area contributed by atoms with Crippen molar-refractivity contribution in [2.24, 2.45) is 0 Å². The Hall–Kier alpha value is -1.67. The van der Waals surface area contributed by atoms with Crippen LogP contribution in [0.5, 0.6) is 0 Å². The second-order valence-corrected chi connectivity index (χ2v) is 6.84. The monoisotopic (exact) mass is 340 g/mol. The highest BCUT2D eigenvalue weighted by Crippen LogP contribution is 2.35. The molecule has 6 nitrogen and oxygen atoms in total. The van der Waals surface area contributed by atoms with Crippen LogP contribution in [0, 0.1) is 0 Å². The number of rotatable bonds is 5. The maximum Gasteiger partial charge on any atom is 0.349 e. The molecule has 0 bridgehead atoms. The van der Waals surface area contributed by atoms with Crippen LogP contribution in [0.1, 0.15) is 29.9 Å². The Morgan fingerprint density at radius 1 is 1.45 bits per heavy atom. The van der Waals surface area contributed by atoms with Gasteiger partial charge in [-0.15, -0.1) is 11.3 Å². The Balaban J connectivity index is 1.76. The summed E-state index contributed by atoms with van der Waals surface area (Å²) in [4.78, 5) is 31.5. The van der Waals surface area contributed by atoms with Gasteiger partial charge in [-0.1, -0.05) is 11.3 Å². The highest BCUT2D eigenvalue weighted by Gasteiger charge is 2.31. The summed E-state index contributed by atoms with van der Waals surface area (Å²) >= 11 is 2.86. The van der Waals surface area contributed by atoms with Crippen molar-refractivity contribution in [3.8, 4) is 0 Å². The first-order valence-corrected chi connectivity index (χ1v) is 8.78. The number of esters is 2. The van der Waals surface area contributed by atoms with Gasteiger partial charge < -0.3 is 14.4 Å². The molecule has 8 heteroatoms. The zero-order valence-corrected chi connectivity index (χ0v) is 14.0. The molecule has 0 radical (unpaired) electrons. The number of hydrogen-bond acceptors (Lipinski definition) is 8. The molecule has 2 aromatic heterocycles. The number of carbonyl (C=O) groups is 2. The molecule has 2 aromatic rings. The summed E-state index contributed by atoms with van der Waals surface area (Å²) < 4.78 is 10.9. The van der Waals surface area contributed by atoms with E-state index >= 15 is 0 Å². The molecular weight excluding hydrogens is 324 g/mol. The second-order valence-electron chi connectivity index (χ2n) is 4.80. The number of fused-ring (bicyclic) bond motifs is 1. The van der Waals surface area contributed by atoms with E-state index in [0.29, 0.717) is 17.9 Å². The molecule has 0 N–H and O–H groups in total. The minimum atomic E-state index is -0.771. The van der Waals surface area contributed by atoms with E-state index in [4.69, 9.17) is 9.47 Å². The van der Waals surface area contributed by atoms with E-state index < -0.39 is 18.0 Å². The van der Waals surface area contributed by atoms with Crippen LogP contribution < -0.4 is 4.90 Å². The number of carbonyl (C=O) groups excluding carboxylic acids is 2. The van der Waals surface area contributed by atoms with Crippen molar-refractivity contribution in [2.75, 3.05) is 24.6 Å². The first-order chi connectivity index (χ1) is 10.6. The lowest BCUT2D eigenvalue weighted by atomic mass is 10.3. The molecule has 0 aromatic carbocycles. The Morgan fingerprint density at radius 2 is 2.23 bits per heavy atom. The highest BCUT2D eigenvalue weighted by molar-refractivity contribution is 7.29. The normalized spacial score (nSPS) is 17.7. The third kappa shape index (κ3) is 2.80. The average molecular weight is 340 g/mol. The van der Waals surface area contributed by atoms with Gasteiger partial charge in [0, 0.05) is 19.5 Å². The fourth-order valence-corrected chi connectivity index (χ4v) is 4.45. The SMILES string of the molecule is CCN(CC)c1nc2sc(C(=O)OC3CCOC3=O)cc2s1. The van der Waals surface area contributed by atoms with E-state index in [1.807, 2.05) is 0 Å². The molecule has 1 fully saturated rings. The van der Waals surface area contributed by atoms with Gasteiger partial charge in [0.05, 0.1) is 11.3 Å². The Bertz CT molecular complexity index is 673. The van der Waals surface area contributed by atoms with Crippen molar-refractivity contribution in [3.05, 3.63) is 10.9 Å². The predicted molar refractivity (Wildman–Crippen MR) is 85.8 cm³/mol. The molecular formula is C14H16N2O4S2. The van der Waals surface area contributed by atoms with E-state index in [-0.39, 0.29) is 0 Å². The number of cyclic esters (lactones) is 1. The first kappa shape index (κ1) is 15.2. The topological polar surface area (TPSA) is 68.7 Å². The van der Waals surface area contributed by atoms with Gasteiger partial charge in [-0.3, -0.25) is 0 Å². The van der Waals surface area contributed by atoms with E-state index in [0.717, 1.165) is 27.8 Å². The maximum absolute atomic E-state index is 12.1. The number of nitrogens with zero attached hydrogens (tertiary/aromatic N) is 2. The zero-order valence-electron chi connectivity index (χ0n) is 12.3. The van der Waals surface area contributed by atoms with Crippen molar-refractivity contribution < 1.29 is 19.1 Å². The summed E-state index contributed by atoms with van der Waals surface area (Å²) in [7, 11) is 0. The minimum Gasteiger partial charge on any atom is -0.463 e. The summed E-state index contributed by atoms with van der Waals surface area (Å²) in [5, 5.41) is 0.963. The molecule has 3 rings (SSSR count). The molecule has 0 amide bonds. The second kappa shape index (κ2) is 6.21. The Morgan fingerprint density at radius 3 is 2.82 bits per heavy atom. The lowest BCUT2D eigenvalue weighted by Gasteiger charge is -2.16. The van der Waals surface area contributed by atoms with Crippen LogP contribution in [-0.4, -0.2) is 42.7 Å². The smallest absolute Gasteiger partial charge is 0.349 e. The van der Waals surface area contributed by atoms with Crippen molar-refractivity contribution >= 4 is 49.3 Å². The molecule has 1 unspecified atom stereocenters. The number of thiazole rings is 1. The summed E-state index contributed by atoms with van der Waals surface area (Å²) in [6.45, 7) is 6.28. The minimum absolute atomic E-state index is 0.311. The zero-order chi connectivity index (χ0) is 15.7. The van der Waals surface area contributed by atoms with Gasteiger partial charge >= 0.3 is 11.9 Å². The number of anilines is 1. The fraction of sp³-hybridized carbons (Fsp3) is 0.500. The van der Waals surface area contributed by atoms with E-state index in [9.17, 15) is 9.59 Å². The highest BCUT2D eigenvalue weighted by atomic mass is 32.1. The summed E-state index contributed by atoms with van der Waals surface area (Å²) in [5.74, 6) is -0.947. The third-order valence-corrected chi connectivity index (χ3v) is 5.65. The van der Waals surface area contributed by atoms with Gasteiger partial charge in [0.25, 0.3) is 0 Å². The van der Waals surface area contributed by atoms with Gasteiger partial charge in [0.1, 0.15) is 9.71 Å². The lowest BCUT2D eigenvalue weighted by Crippen LogP contribution is -2.22. The molecule has 0 aliphatic carbocycles. The number of thiophene rings is 1. The molecule has 22 heavy (non-hydrogen) atoms. The standard InChI is InChI=1S/C14H16N2O4S2/c1-3-16(4-2)14-15-11-9(22-14)7-10(21-11)13(18)20-8-5-6-19-12(8)17/h7-8H,3-6H2,1-2H3. The van der Waals surface area contributed by atoms with E-state index in [1.54, 1.807) is 17.4 Å². The fourth-order valence-electron chi connectivity index (χ4n) is 2.23. The number of hydrogen-bond donors (Lipinski definition) is 0. The molecule has 1 saturated heterocycles. The van der Waals surface area contributed by atoms with Crippen molar-refractivity contribution in [2.45, 2.75) is 26.4 Å². The molecule has 118 valence electrons. The molecule has 0 spiro atoms. The Labute approximate surface area is 135 Å². The van der Waals surface area contributed by atoms with Crippen LogP contribution in [0.3, 0.4) is 0 Å². The van der Waals surface area contributed by atoms with Gasteiger partial charge in [0.2, 0.25) is 6.10 Å². The van der Waals surface area contributed by atoms with E-state index in [1.165, 1.54) is 11.3 Å². The van der Waals surface area contributed by atoms with Crippen molar-refractivity contribution in [3.63, 3.8) is 0 Å². The summed E-state index contributed by atoms with van der Waals surface area (Å²) in [5.41, 5.74) is 0. The predicted octanol–water partition coefficient (Wildman–Crippen LogP) is 2.68. The number of aromatic nitrogens is 1. The quantitative estimate of drug-likeness (QED) is 0.780. The van der Waals surface area contributed by atoms with Gasteiger partial charge in [0.15, 0.2) is 5.13 Å². The molecule has 0 saturated carbocycles. The molecule has 1 aliphatic rings. The van der Waals surface area contributed by atoms with Crippen molar-refractivity contribution in [1.82, 2.24) is 4.98 Å². The van der Waals surface area contributed by atoms with Crippen LogP contribution in [-0.2, 0) is 14.3 Å². The Kier molecular flexibility index (Phi) is 4.30.